The SMILES string of the molecule is CCC(F)(F)C1CCn2c(nc(N3CCOC[C@H]3C)cc2=O)N1CC(F)C1CC1. The fourth-order valence-electron chi connectivity index (χ4n) is 4.35. The maximum absolute atomic E-state index is 14.8. The average Bonchev–Trinajstić information content (AvgIpc) is 3.54. The van der Waals surface area contributed by atoms with Crippen molar-refractivity contribution in [3.8, 4) is 0 Å². The van der Waals surface area contributed by atoms with Crippen molar-refractivity contribution in [1.82, 2.24) is 9.55 Å². The fraction of sp³-hybridized carbons (Fsp3) is 0.800. The van der Waals surface area contributed by atoms with E-state index in [2.05, 4.69) is 4.98 Å². The lowest BCUT2D eigenvalue weighted by Gasteiger charge is -2.43. The lowest BCUT2D eigenvalue weighted by Crippen LogP contribution is -2.56. The van der Waals surface area contributed by atoms with Crippen molar-refractivity contribution in [2.45, 2.75) is 70.3 Å². The predicted molar refractivity (Wildman–Crippen MR) is 105 cm³/mol. The molecule has 2 unspecified atom stereocenters. The van der Waals surface area contributed by atoms with Crippen LogP contribution in [-0.2, 0) is 11.3 Å². The van der Waals surface area contributed by atoms with Crippen LogP contribution in [0.5, 0.6) is 0 Å². The molecule has 1 aromatic heterocycles. The van der Waals surface area contributed by atoms with E-state index in [0.717, 1.165) is 12.8 Å². The molecule has 3 aliphatic rings. The van der Waals surface area contributed by atoms with Crippen molar-refractivity contribution in [3.05, 3.63) is 16.4 Å². The number of morpholine rings is 1. The maximum atomic E-state index is 14.8. The Labute approximate surface area is 168 Å². The molecule has 3 atom stereocenters. The van der Waals surface area contributed by atoms with Crippen LogP contribution in [0.15, 0.2) is 10.9 Å². The average molecular weight is 414 g/mol. The van der Waals surface area contributed by atoms with E-state index in [-0.39, 0.29) is 49.4 Å². The van der Waals surface area contributed by atoms with Gasteiger partial charge in [0, 0.05) is 25.6 Å². The number of hydrogen-bond acceptors (Lipinski definition) is 5. The highest BCUT2D eigenvalue weighted by atomic mass is 19.3. The highest BCUT2D eigenvalue weighted by Crippen LogP contribution is 2.39. The zero-order valence-corrected chi connectivity index (χ0v) is 17.0. The maximum Gasteiger partial charge on any atom is 0.267 e. The normalized spacial score (nSPS) is 26.4. The molecule has 162 valence electrons. The molecule has 9 heteroatoms. The summed E-state index contributed by atoms with van der Waals surface area (Å²) in [5, 5.41) is 0. The number of nitrogens with zero attached hydrogens (tertiary/aromatic N) is 4. The Bertz CT molecular complexity index is 798. The number of ether oxygens (including phenoxy) is 1. The van der Waals surface area contributed by atoms with E-state index in [9.17, 15) is 18.0 Å². The first kappa shape index (κ1) is 20.5. The minimum atomic E-state index is -2.98. The molecule has 1 aromatic rings. The van der Waals surface area contributed by atoms with Crippen LogP contribution in [0.4, 0.5) is 24.9 Å². The number of anilines is 2. The lowest BCUT2D eigenvalue weighted by molar-refractivity contribution is -0.0389. The molecule has 0 amide bonds. The van der Waals surface area contributed by atoms with Gasteiger partial charge >= 0.3 is 0 Å². The van der Waals surface area contributed by atoms with E-state index in [1.165, 1.54) is 22.5 Å². The Morgan fingerprint density at radius 2 is 2.07 bits per heavy atom. The summed E-state index contributed by atoms with van der Waals surface area (Å²) in [6.45, 7) is 5.00. The summed E-state index contributed by atoms with van der Waals surface area (Å²) in [5.74, 6) is -2.44. The van der Waals surface area contributed by atoms with Crippen molar-refractivity contribution in [3.63, 3.8) is 0 Å². The number of aromatic nitrogens is 2. The van der Waals surface area contributed by atoms with Crippen LogP contribution < -0.4 is 15.4 Å². The van der Waals surface area contributed by atoms with Crippen molar-refractivity contribution in [1.29, 1.82) is 0 Å². The topological polar surface area (TPSA) is 50.6 Å². The number of hydrogen-bond donors (Lipinski definition) is 0. The molecule has 0 aromatic carbocycles. The molecule has 29 heavy (non-hydrogen) atoms. The quantitative estimate of drug-likeness (QED) is 0.717. The van der Waals surface area contributed by atoms with Crippen LogP contribution >= 0.6 is 0 Å². The van der Waals surface area contributed by atoms with E-state index in [4.69, 9.17) is 4.74 Å². The summed E-state index contributed by atoms with van der Waals surface area (Å²) >= 11 is 0. The van der Waals surface area contributed by atoms with Gasteiger partial charge in [-0.3, -0.25) is 9.36 Å². The summed E-state index contributed by atoms with van der Waals surface area (Å²) in [4.78, 5) is 20.7. The van der Waals surface area contributed by atoms with Gasteiger partial charge in [-0.05, 0) is 32.1 Å². The largest absolute Gasteiger partial charge is 0.377 e. The van der Waals surface area contributed by atoms with Crippen LogP contribution in [0, 0.1) is 5.92 Å². The minimum absolute atomic E-state index is 0.0176. The van der Waals surface area contributed by atoms with Crippen molar-refractivity contribution in [2.24, 2.45) is 5.92 Å². The zero-order valence-electron chi connectivity index (χ0n) is 17.0. The van der Waals surface area contributed by atoms with E-state index in [1.807, 2.05) is 11.8 Å². The number of halogens is 3. The van der Waals surface area contributed by atoms with E-state index < -0.39 is 18.1 Å². The molecule has 3 heterocycles. The van der Waals surface area contributed by atoms with Crippen LogP contribution in [-0.4, -0.2) is 60.0 Å². The molecule has 0 N–H and O–H groups in total. The predicted octanol–water partition coefficient (Wildman–Crippen LogP) is 2.84. The van der Waals surface area contributed by atoms with E-state index >= 15 is 0 Å². The second-order valence-corrected chi connectivity index (χ2v) is 8.45. The Hall–Kier alpha value is -1.77. The summed E-state index contributed by atoms with van der Waals surface area (Å²) in [7, 11) is 0. The molecule has 0 spiro atoms. The number of rotatable bonds is 6. The second-order valence-electron chi connectivity index (χ2n) is 8.45. The van der Waals surface area contributed by atoms with E-state index in [0.29, 0.717) is 25.6 Å². The molecule has 1 saturated heterocycles. The lowest BCUT2D eigenvalue weighted by atomic mass is 9.99. The molecule has 6 nitrogen and oxygen atoms in total. The number of fused-ring (bicyclic) bond motifs is 1. The molecule has 0 radical (unpaired) electrons. The van der Waals surface area contributed by atoms with Crippen LogP contribution in [0.1, 0.15) is 39.5 Å². The summed E-state index contributed by atoms with van der Waals surface area (Å²) in [6, 6.07) is 0.313. The second kappa shape index (κ2) is 7.81. The van der Waals surface area contributed by atoms with Gasteiger partial charge in [-0.1, -0.05) is 6.92 Å². The van der Waals surface area contributed by atoms with Crippen LogP contribution in [0.25, 0.3) is 0 Å². The monoisotopic (exact) mass is 414 g/mol. The van der Waals surface area contributed by atoms with Gasteiger partial charge in [-0.25, -0.2) is 13.2 Å². The first-order valence-corrected chi connectivity index (χ1v) is 10.6. The third-order valence-electron chi connectivity index (χ3n) is 6.36. The van der Waals surface area contributed by atoms with Gasteiger partial charge in [0.05, 0.1) is 31.8 Å². The molecule has 2 aliphatic heterocycles. The fourth-order valence-corrected chi connectivity index (χ4v) is 4.35. The summed E-state index contributed by atoms with van der Waals surface area (Å²) in [5.41, 5.74) is -0.284. The zero-order chi connectivity index (χ0) is 20.8. The van der Waals surface area contributed by atoms with Crippen LogP contribution in [0.2, 0.25) is 0 Å². The first-order chi connectivity index (χ1) is 13.8. The smallest absolute Gasteiger partial charge is 0.267 e. The van der Waals surface area contributed by atoms with Gasteiger partial charge in [-0.15, -0.1) is 0 Å². The van der Waals surface area contributed by atoms with Gasteiger partial charge in [0.1, 0.15) is 12.0 Å². The molecule has 1 saturated carbocycles. The highest BCUT2D eigenvalue weighted by molar-refractivity contribution is 5.48. The summed E-state index contributed by atoms with van der Waals surface area (Å²) in [6.07, 6.45) is 0.142. The van der Waals surface area contributed by atoms with Gasteiger partial charge in [0.2, 0.25) is 5.95 Å². The standard InChI is InChI=1S/C20H29F3N4O2/c1-3-20(22,23)16-6-7-26-18(28)10-17(25-8-9-29-12-13(25)2)24-19(26)27(16)11-15(21)14-4-5-14/h10,13-16H,3-9,11-12H2,1-2H3/t13-,15?,16?/m1/s1. The van der Waals surface area contributed by atoms with E-state index in [1.54, 1.807) is 0 Å². The van der Waals surface area contributed by atoms with Gasteiger partial charge in [0.25, 0.3) is 11.5 Å². The Morgan fingerprint density at radius 1 is 1.31 bits per heavy atom. The van der Waals surface area contributed by atoms with Crippen LogP contribution in [0.3, 0.4) is 0 Å². The van der Waals surface area contributed by atoms with Crippen molar-refractivity contribution >= 4 is 11.8 Å². The van der Waals surface area contributed by atoms with Crippen molar-refractivity contribution in [2.75, 3.05) is 36.1 Å². The van der Waals surface area contributed by atoms with Gasteiger partial charge in [-0.2, -0.15) is 4.98 Å². The third kappa shape index (κ3) is 3.98. The van der Waals surface area contributed by atoms with Gasteiger partial charge < -0.3 is 14.5 Å². The molecule has 4 rings (SSSR count). The number of alkyl halides is 3. The minimum Gasteiger partial charge on any atom is -0.377 e. The Morgan fingerprint density at radius 3 is 2.72 bits per heavy atom. The summed E-state index contributed by atoms with van der Waals surface area (Å²) < 4.78 is 51.1. The molecule has 0 bridgehead atoms. The Balaban J connectivity index is 1.74. The molecular formula is C20H29F3N4O2. The molecule has 2 fully saturated rings. The highest BCUT2D eigenvalue weighted by Gasteiger charge is 2.47. The Kier molecular flexibility index (Phi) is 5.52. The molecular weight excluding hydrogens is 385 g/mol. The molecule has 1 aliphatic carbocycles. The third-order valence-corrected chi connectivity index (χ3v) is 6.36. The first-order valence-electron chi connectivity index (χ1n) is 10.6. The van der Waals surface area contributed by atoms with Gasteiger partial charge in [0.15, 0.2) is 0 Å². The van der Waals surface area contributed by atoms with Crippen molar-refractivity contribution < 1.29 is 17.9 Å².